The number of likely N-dealkylation sites (N-methyl/N-ethyl adjacent to an activating group) is 1. The van der Waals surface area contributed by atoms with Crippen LogP contribution in [0.5, 0.6) is 0 Å². The predicted octanol–water partition coefficient (Wildman–Crippen LogP) is 1.73. The van der Waals surface area contributed by atoms with Gasteiger partial charge in [0.1, 0.15) is 5.82 Å². The van der Waals surface area contributed by atoms with E-state index in [9.17, 15) is 9.59 Å². The summed E-state index contributed by atoms with van der Waals surface area (Å²) in [6.07, 6.45) is 8.31. The van der Waals surface area contributed by atoms with Crippen LogP contribution in [-0.2, 0) is 12.8 Å². The maximum Gasteiger partial charge on any atom is 0.354 e. The fourth-order valence-corrected chi connectivity index (χ4v) is 5.99. The molecule has 4 N–H and O–H groups in total. The maximum atomic E-state index is 12.8. The van der Waals surface area contributed by atoms with E-state index in [0.717, 1.165) is 57.4 Å². The number of fused-ring (bicyclic) bond motifs is 1. The number of piperazine rings is 1. The average molecular weight is 480 g/mol. The number of anilines is 1. The van der Waals surface area contributed by atoms with Crippen molar-refractivity contribution in [3.8, 4) is 5.69 Å². The first-order valence-corrected chi connectivity index (χ1v) is 13.0. The summed E-state index contributed by atoms with van der Waals surface area (Å²) in [5.74, 6) is 0.280. The molecule has 1 aliphatic heterocycles. The first-order chi connectivity index (χ1) is 17.0. The highest BCUT2D eigenvalue weighted by atomic mass is 16.2. The molecule has 3 atom stereocenters. The fourth-order valence-electron chi connectivity index (χ4n) is 5.99. The largest absolute Gasteiger partial charge is 0.354 e. The van der Waals surface area contributed by atoms with Crippen LogP contribution < -0.4 is 22.1 Å². The van der Waals surface area contributed by atoms with E-state index >= 15 is 0 Å². The number of benzene rings is 1. The summed E-state index contributed by atoms with van der Waals surface area (Å²) in [5, 5.41) is 5.97. The molecule has 2 aromatic rings. The smallest absolute Gasteiger partial charge is 0.328 e. The summed E-state index contributed by atoms with van der Waals surface area (Å²) in [4.78, 5) is 33.7. The Morgan fingerprint density at radius 3 is 2.71 bits per heavy atom. The Hall–Kier alpha value is -2.75. The van der Waals surface area contributed by atoms with E-state index in [0.29, 0.717) is 31.2 Å². The standard InChI is InChI=1S/C26H37N7O2/c1-2-32(23-8-5-20(27)17-23)21-6-3-19-16-22(7-4-18(19)15-21)33-12-9-24(30-26(33)35)29-25(34)31-13-10-28-11-14-31/h4,7,9,12,16,20-21,23,28H,2-3,5-6,8,10-11,13-15,17,27H2,1H3,(H,29,30,34,35)/t20-,21?,23-/m0/s1. The lowest BCUT2D eigenvalue weighted by Gasteiger charge is -2.38. The SMILES string of the molecule is CCN(C1CCc2cc(-n3ccc(NC(=O)N4CCNCC4)nc3=O)ccc2C1)[C@H]1CC[C@H](N)C1. The zero-order chi connectivity index (χ0) is 24.4. The van der Waals surface area contributed by atoms with Crippen molar-refractivity contribution in [2.75, 3.05) is 38.0 Å². The summed E-state index contributed by atoms with van der Waals surface area (Å²) in [7, 11) is 0. The monoisotopic (exact) mass is 479 g/mol. The Morgan fingerprint density at radius 2 is 2.00 bits per heavy atom. The van der Waals surface area contributed by atoms with Crippen molar-refractivity contribution >= 4 is 11.8 Å². The third-order valence-electron chi connectivity index (χ3n) is 7.86. The van der Waals surface area contributed by atoms with Crippen molar-refractivity contribution in [2.24, 2.45) is 5.73 Å². The molecule has 0 spiro atoms. The van der Waals surface area contributed by atoms with E-state index in [4.69, 9.17) is 5.73 Å². The maximum absolute atomic E-state index is 12.8. The molecular formula is C26H37N7O2. The van der Waals surface area contributed by atoms with E-state index in [-0.39, 0.29) is 11.8 Å². The van der Waals surface area contributed by atoms with Crippen molar-refractivity contribution < 1.29 is 4.79 Å². The lowest BCUT2D eigenvalue weighted by molar-refractivity contribution is 0.130. The van der Waals surface area contributed by atoms with Crippen molar-refractivity contribution in [3.05, 3.63) is 52.1 Å². The third-order valence-corrected chi connectivity index (χ3v) is 7.86. The molecule has 2 aliphatic carbocycles. The van der Waals surface area contributed by atoms with E-state index in [1.54, 1.807) is 21.7 Å². The normalized spacial score (nSPS) is 24.4. The number of aryl methyl sites for hydroxylation is 1. The van der Waals surface area contributed by atoms with Crippen LogP contribution in [-0.4, -0.2) is 76.2 Å². The predicted molar refractivity (Wildman–Crippen MR) is 137 cm³/mol. The number of carbonyl (C=O) groups excluding carboxylic acids is 1. The van der Waals surface area contributed by atoms with Gasteiger partial charge in [-0.3, -0.25) is 14.8 Å². The first kappa shape index (κ1) is 24.0. The van der Waals surface area contributed by atoms with Gasteiger partial charge >= 0.3 is 11.7 Å². The number of amides is 2. The molecule has 2 amide bonds. The molecule has 2 fully saturated rings. The molecule has 1 aromatic carbocycles. The number of nitrogens with two attached hydrogens (primary N) is 1. The molecule has 0 radical (unpaired) electrons. The van der Waals surface area contributed by atoms with Crippen LogP contribution >= 0.6 is 0 Å². The Labute approximate surface area is 206 Å². The second-order valence-corrected chi connectivity index (χ2v) is 10.0. The van der Waals surface area contributed by atoms with Gasteiger partial charge < -0.3 is 16.0 Å². The third kappa shape index (κ3) is 5.27. The zero-order valence-electron chi connectivity index (χ0n) is 20.6. The summed E-state index contributed by atoms with van der Waals surface area (Å²) in [6.45, 7) is 6.15. The summed E-state index contributed by atoms with van der Waals surface area (Å²) in [5.41, 5.74) is 9.28. The topological polar surface area (TPSA) is 109 Å². The van der Waals surface area contributed by atoms with Crippen LogP contribution in [0, 0.1) is 0 Å². The van der Waals surface area contributed by atoms with Gasteiger partial charge in [0.15, 0.2) is 0 Å². The minimum absolute atomic E-state index is 0.222. The van der Waals surface area contributed by atoms with E-state index in [1.165, 1.54) is 17.5 Å². The minimum Gasteiger partial charge on any atom is -0.328 e. The zero-order valence-corrected chi connectivity index (χ0v) is 20.6. The molecule has 1 saturated carbocycles. The fraction of sp³-hybridized carbons (Fsp3) is 0.577. The molecule has 1 saturated heterocycles. The van der Waals surface area contributed by atoms with Crippen molar-refractivity contribution in [1.29, 1.82) is 0 Å². The molecular weight excluding hydrogens is 442 g/mol. The van der Waals surface area contributed by atoms with Crippen molar-refractivity contribution in [1.82, 2.24) is 24.7 Å². The number of hydrogen-bond donors (Lipinski definition) is 3. The van der Waals surface area contributed by atoms with Crippen molar-refractivity contribution in [3.63, 3.8) is 0 Å². The van der Waals surface area contributed by atoms with Gasteiger partial charge in [-0.05, 0) is 74.4 Å². The molecule has 5 rings (SSSR count). The van der Waals surface area contributed by atoms with Gasteiger partial charge in [-0.2, -0.15) is 4.98 Å². The number of rotatable bonds is 5. The molecule has 9 heteroatoms. The number of hydrogen-bond acceptors (Lipinski definition) is 6. The van der Waals surface area contributed by atoms with Crippen LogP contribution in [0.15, 0.2) is 35.3 Å². The average Bonchev–Trinajstić information content (AvgIpc) is 3.30. The molecule has 188 valence electrons. The van der Waals surface area contributed by atoms with Crippen LogP contribution in [0.3, 0.4) is 0 Å². The highest BCUT2D eigenvalue weighted by molar-refractivity contribution is 5.88. The summed E-state index contributed by atoms with van der Waals surface area (Å²) < 4.78 is 1.55. The number of aromatic nitrogens is 2. The van der Waals surface area contributed by atoms with Gasteiger partial charge in [-0.25, -0.2) is 9.59 Å². The second kappa shape index (κ2) is 10.5. The van der Waals surface area contributed by atoms with Crippen LogP contribution in [0.4, 0.5) is 10.6 Å². The molecule has 1 unspecified atom stereocenters. The lowest BCUT2D eigenvalue weighted by Crippen LogP contribution is -2.48. The lowest BCUT2D eigenvalue weighted by atomic mass is 9.86. The quantitative estimate of drug-likeness (QED) is 0.603. The first-order valence-electron chi connectivity index (χ1n) is 13.0. The second-order valence-electron chi connectivity index (χ2n) is 10.0. The summed E-state index contributed by atoms with van der Waals surface area (Å²) in [6, 6.07) is 9.26. The molecule has 1 aromatic heterocycles. The Bertz CT molecular complexity index is 1110. The molecule has 2 heterocycles. The molecule has 9 nitrogen and oxygen atoms in total. The van der Waals surface area contributed by atoms with Crippen LogP contribution in [0.25, 0.3) is 5.69 Å². The van der Waals surface area contributed by atoms with Crippen LogP contribution in [0.2, 0.25) is 0 Å². The van der Waals surface area contributed by atoms with E-state index < -0.39 is 5.69 Å². The summed E-state index contributed by atoms with van der Waals surface area (Å²) >= 11 is 0. The van der Waals surface area contributed by atoms with Crippen molar-refractivity contribution in [2.45, 2.75) is 63.6 Å². The molecule has 3 aliphatic rings. The van der Waals surface area contributed by atoms with Crippen LogP contribution in [0.1, 0.15) is 43.7 Å². The molecule has 35 heavy (non-hydrogen) atoms. The van der Waals surface area contributed by atoms with Gasteiger partial charge in [0.25, 0.3) is 0 Å². The van der Waals surface area contributed by atoms with E-state index in [1.807, 2.05) is 6.07 Å². The van der Waals surface area contributed by atoms with E-state index in [2.05, 4.69) is 39.6 Å². The van der Waals surface area contributed by atoms with Gasteiger partial charge in [0.05, 0.1) is 5.69 Å². The number of nitrogens with one attached hydrogen (secondary N) is 2. The number of urea groups is 1. The highest BCUT2D eigenvalue weighted by Gasteiger charge is 2.32. The highest BCUT2D eigenvalue weighted by Crippen LogP contribution is 2.31. The number of carbonyl (C=O) groups is 1. The van der Waals surface area contributed by atoms with Gasteiger partial charge in [-0.15, -0.1) is 0 Å². The Balaban J connectivity index is 1.27. The van der Waals surface area contributed by atoms with Gasteiger partial charge in [0.2, 0.25) is 0 Å². The Kier molecular flexibility index (Phi) is 7.17. The Morgan fingerprint density at radius 1 is 1.17 bits per heavy atom. The molecule has 0 bridgehead atoms. The number of nitrogens with zero attached hydrogens (tertiary/aromatic N) is 4. The van der Waals surface area contributed by atoms with Gasteiger partial charge in [0, 0.05) is 50.5 Å². The minimum atomic E-state index is -0.397. The van der Waals surface area contributed by atoms with Gasteiger partial charge in [-0.1, -0.05) is 13.0 Å².